The van der Waals surface area contributed by atoms with Gasteiger partial charge in [0, 0.05) is 13.0 Å². The molecule has 5 heteroatoms. The van der Waals surface area contributed by atoms with Crippen LogP contribution in [0.3, 0.4) is 0 Å². The van der Waals surface area contributed by atoms with Crippen molar-refractivity contribution in [2.45, 2.75) is 19.8 Å². The van der Waals surface area contributed by atoms with Crippen molar-refractivity contribution < 1.29 is 4.42 Å². The number of nitrogens with one attached hydrogen (secondary N) is 1. The molecule has 17 heavy (non-hydrogen) atoms. The second-order valence-electron chi connectivity index (χ2n) is 3.72. The predicted molar refractivity (Wildman–Crippen MR) is 71.7 cm³/mol. The summed E-state index contributed by atoms with van der Waals surface area (Å²) in [5.74, 6) is 1.52. The lowest BCUT2D eigenvalue weighted by Gasteiger charge is -1.99. The predicted octanol–water partition coefficient (Wildman–Crippen LogP) is 3.60. The van der Waals surface area contributed by atoms with E-state index in [0.29, 0.717) is 0 Å². The monoisotopic (exact) mass is 270 g/mol. The molecule has 3 nitrogen and oxygen atoms in total. The fourth-order valence-corrected chi connectivity index (χ4v) is 2.59. The molecule has 0 atom stereocenters. The van der Waals surface area contributed by atoms with Gasteiger partial charge in [0.2, 0.25) is 0 Å². The summed E-state index contributed by atoms with van der Waals surface area (Å²) in [6, 6.07) is 1.87. The normalized spacial score (nSPS) is 10.9. The minimum absolute atomic E-state index is 0.724. The number of rotatable bonds is 6. The molecule has 0 fully saturated rings. The summed E-state index contributed by atoms with van der Waals surface area (Å²) >= 11 is 7.61. The van der Waals surface area contributed by atoms with E-state index in [2.05, 4.69) is 17.2 Å². The minimum atomic E-state index is 0.724. The first-order valence-electron chi connectivity index (χ1n) is 5.70. The Morgan fingerprint density at radius 3 is 3.06 bits per heavy atom. The van der Waals surface area contributed by atoms with Crippen LogP contribution >= 0.6 is 22.9 Å². The van der Waals surface area contributed by atoms with E-state index in [0.717, 1.165) is 47.5 Å². The van der Waals surface area contributed by atoms with E-state index in [1.807, 2.05) is 11.4 Å². The topological polar surface area (TPSA) is 38.1 Å². The molecule has 0 unspecified atom stereocenters. The first-order valence-corrected chi connectivity index (χ1v) is 6.95. The van der Waals surface area contributed by atoms with Crippen LogP contribution in [0.1, 0.15) is 19.2 Å². The Bertz CT molecular complexity index is 467. The van der Waals surface area contributed by atoms with Crippen LogP contribution in [0.2, 0.25) is 5.02 Å². The summed E-state index contributed by atoms with van der Waals surface area (Å²) in [5, 5.41) is 5.99. The Morgan fingerprint density at radius 2 is 2.35 bits per heavy atom. The molecule has 0 aromatic carbocycles. The molecule has 2 heterocycles. The highest BCUT2D eigenvalue weighted by Gasteiger charge is 2.10. The van der Waals surface area contributed by atoms with E-state index >= 15 is 0 Å². The Kier molecular flexibility index (Phi) is 4.59. The van der Waals surface area contributed by atoms with Crippen molar-refractivity contribution in [3.05, 3.63) is 28.6 Å². The van der Waals surface area contributed by atoms with Crippen LogP contribution in [0.4, 0.5) is 0 Å². The quantitative estimate of drug-likeness (QED) is 0.815. The molecule has 0 amide bonds. The standard InChI is InChI=1S/C12H15ClN2OS/c1-2-5-14-6-3-11-15-8-10(16-11)12-9(13)4-7-17-12/h4,7-8,14H,2-3,5-6H2,1H3. The van der Waals surface area contributed by atoms with E-state index in [4.69, 9.17) is 16.0 Å². The number of halogens is 1. The van der Waals surface area contributed by atoms with E-state index < -0.39 is 0 Å². The average molecular weight is 271 g/mol. The molecule has 0 aliphatic rings. The SMILES string of the molecule is CCCNCCc1ncc(-c2sccc2Cl)o1. The Morgan fingerprint density at radius 1 is 1.47 bits per heavy atom. The number of nitrogens with zero attached hydrogens (tertiary/aromatic N) is 1. The number of hydrogen-bond donors (Lipinski definition) is 1. The fraction of sp³-hybridized carbons (Fsp3) is 0.417. The van der Waals surface area contributed by atoms with Gasteiger partial charge in [-0.2, -0.15) is 0 Å². The molecule has 2 rings (SSSR count). The number of oxazole rings is 1. The lowest BCUT2D eigenvalue weighted by molar-refractivity contribution is 0.496. The molecule has 0 radical (unpaired) electrons. The number of aromatic nitrogens is 1. The Balaban J connectivity index is 1.95. The summed E-state index contributed by atoms with van der Waals surface area (Å²) in [6.07, 6.45) is 3.69. The summed E-state index contributed by atoms with van der Waals surface area (Å²) in [4.78, 5) is 5.20. The minimum Gasteiger partial charge on any atom is -0.440 e. The summed E-state index contributed by atoms with van der Waals surface area (Å²) in [6.45, 7) is 4.07. The molecule has 0 saturated heterocycles. The molecule has 0 bridgehead atoms. The molecule has 2 aromatic heterocycles. The van der Waals surface area contributed by atoms with Gasteiger partial charge in [-0.25, -0.2) is 4.98 Å². The molecule has 1 N–H and O–H groups in total. The summed E-state index contributed by atoms with van der Waals surface area (Å²) in [5.41, 5.74) is 0. The number of hydrogen-bond acceptors (Lipinski definition) is 4. The maximum absolute atomic E-state index is 6.04. The summed E-state index contributed by atoms with van der Waals surface area (Å²) in [7, 11) is 0. The van der Waals surface area contributed by atoms with Crippen molar-refractivity contribution in [1.29, 1.82) is 0 Å². The maximum Gasteiger partial charge on any atom is 0.196 e. The van der Waals surface area contributed by atoms with Gasteiger partial charge in [0.15, 0.2) is 11.7 Å². The van der Waals surface area contributed by atoms with Gasteiger partial charge in [-0.05, 0) is 24.4 Å². The van der Waals surface area contributed by atoms with Crippen molar-refractivity contribution in [3.63, 3.8) is 0 Å². The average Bonchev–Trinajstić information content (AvgIpc) is 2.93. The molecule has 2 aromatic rings. The van der Waals surface area contributed by atoms with Crippen molar-refractivity contribution in [1.82, 2.24) is 10.3 Å². The van der Waals surface area contributed by atoms with Gasteiger partial charge < -0.3 is 9.73 Å². The second kappa shape index (κ2) is 6.19. The van der Waals surface area contributed by atoms with Gasteiger partial charge in [-0.1, -0.05) is 18.5 Å². The van der Waals surface area contributed by atoms with Crippen LogP contribution in [0.15, 0.2) is 22.1 Å². The van der Waals surface area contributed by atoms with Gasteiger partial charge in [0.1, 0.15) is 0 Å². The zero-order valence-corrected chi connectivity index (χ0v) is 11.3. The smallest absolute Gasteiger partial charge is 0.196 e. The second-order valence-corrected chi connectivity index (χ2v) is 5.04. The van der Waals surface area contributed by atoms with Crippen molar-refractivity contribution in [3.8, 4) is 10.6 Å². The van der Waals surface area contributed by atoms with Crippen LogP contribution in [0, 0.1) is 0 Å². The van der Waals surface area contributed by atoms with Crippen molar-refractivity contribution in [2.75, 3.05) is 13.1 Å². The molecule has 0 aliphatic heterocycles. The third-order valence-corrected chi connectivity index (χ3v) is 3.69. The third kappa shape index (κ3) is 3.31. The van der Waals surface area contributed by atoms with Crippen molar-refractivity contribution in [2.24, 2.45) is 0 Å². The van der Waals surface area contributed by atoms with Gasteiger partial charge in [0.05, 0.1) is 16.1 Å². The zero-order chi connectivity index (χ0) is 12.1. The van der Waals surface area contributed by atoms with Crippen LogP contribution < -0.4 is 5.32 Å². The van der Waals surface area contributed by atoms with E-state index in [-0.39, 0.29) is 0 Å². The van der Waals surface area contributed by atoms with Gasteiger partial charge >= 0.3 is 0 Å². The fourth-order valence-electron chi connectivity index (χ4n) is 1.50. The lowest BCUT2D eigenvalue weighted by atomic mass is 10.4. The molecular weight excluding hydrogens is 256 g/mol. The van der Waals surface area contributed by atoms with Crippen LogP contribution in [0.5, 0.6) is 0 Å². The molecule has 0 saturated carbocycles. The maximum atomic E-state index is 6.04. The molecular formula is C12H15ClN2OS. The summed E-state index contributed by atoms with van der Waals surface area (Å²) < 4.78 is 5.66. The Hall–Kier alpha value is -0.840. The van der Waals surface area contributed by atoms with Gasteiger partial charge in [-0.3, -0.25) is 0 Å². The largest absolute Gasteiger partial charge is 0.440 e. The molecule has 92 valence electrons. The van der Waals surface area contributed by atoms with E-state index in [1.165, 1.54) is 0 Å². The van der Waals surface area contributed by atoms with Gasteiger partial charge in [-0.15, -0.1) is 11.3 Å². The van der Waals surface area contributed by atoms with E-state index in [9.17, 15) is 0 Å². The molecule has 0 spiro atoms. The highest BCUT2D eigenvalue weighted by Crippen LogP contribution is 2.33. The van der Waals surface area contributed by atoms with Crippen LogP contribution in [-0.2, 0) is 6.42 Å². The highest BCUT2D eigenvalue weighted by atomic mass is 35.5. The van der Waals surface area contributed by atoms with Crippen LogP contribution in [-0.4, -0.2) is 18.1 Å². The van der Waals surface area contributed by atoms with Gasteiger partial charge in [0.25, 0.3) is 0 Å². The lowest BCUT2D eigenvalue weighted by Crippen LogP contribution is -2.17. The first kappa shape index (κ1) is 12.6. The Labute approximate surface area is 110 Å². The van der Waals surface area contributed by atoms with E-state index in [1.54, 1.807) is 17.5 Å². The highest BCUT2D eigenvalue weighted by molar-refractivity contribution is 7.14. The number of thiophene rings is 1. The third-order valence-electron chi connectivity index (χ3n) is 2.34. The zero-order valence-electron chi connectivity index (χ0n) is 9.70. The van der Waals surface area contributed by atoms with Crippen LogP contribution in [0.25, 0.3) is 10.6 Å². The first-order chi connectivity index (χ1) is 8.31. The van der Waals surface area contributed by atoms with Crippen molar-refractivity contribution >= 4 is 22.9 Å². The molecule has 0 aliphatic carbocycles.